The van der Waals surface area contributed by atoms with E-state index in [1.165, 1.54) is 12.8 Å². The molecule has 0 radical (unpaired) electrons. The molecule has 1 aliphatic carbocycles. The van der Waals surface area contributed by atoms with Crippen molar-refractivity contribution in [2.45, 2.75) is 59.0 Å². The van der Waals surface area contributed by atoms with Gasteiger partial charge >= 0.3 is 0 Å². The lowest BCUT2D eigenvalue weighted by Gasteiger charge is -2.31. The second-order valence-electron chi connectivity index (χ2n) is 5.83. The molecule has 1 N–H and O–H groups in total. The second-order valence-corrected chi connectivity index (χ2v) is 5.83. The number of aliphatic hydroxyl groups excluding tert-OH is 1. The number of rotatable bonds is 6. The average molecular weight is 228 g/mol. The molecule has 96 valence electrons. The van der Waals surface area contributed by atoms with Gasteiger partial charge in [-0.2, -0.15) is 0 Å². The van der Waals surface area contributed by atoms with Gasteiger partial charge in [0.15, 0.2) is 0 Å². The summed E-state index contributed by atoms with van der Waals surface area (Å²) >= 11 is 0. The Kier molecular flexibility index (Phi) is 6.37. The highest BCUT2D eigenvalue weighted by Gasteiger charge is 2.26. The molecule has 0 aromatic heterocycles. The smallest absolute Gasteiger partial charge is 0.0569 e. The van der Waals surface area contributed by atoms with E-state index in [9.17, 15) is 5.11 Å². The highest BCUT2D eigenvalue weighted by Crippen LogP contribution is 2.31. The molecule has 2 nitrogen and oxygen atoms in total. The minimum atomic E-state index is -0.0788. The van der Waals surface area contributed by atoms with Crippen LogP contribution >= 0.6 is 0 Å². The highest BCUT2D eigenvalue weighted by molar-refractivity contribution is 4.77. The van der Waals surface area contributed by atoms with Crippen molar-refractivity contribution in [3.63, 3.8) is 0 Å². The number of hydrogen-bond donors (Lipinski definition) is 1. The van der Waals surface area contributed by atoms with Crippen LogP contribution in [0.3, 0.4) is 0 Å². The topological polar surface area (TPSA) is 29.5 Å². The molecule has 3 atom stereocenters. The first-order valence-corrected chi connectivity index (χ1v) is 6.85. The third-order valence-corrected chi connectivity index (χ3v) is 3.68. The van der Waals surface area contributed by atoms with Gasteiger partial charge in [-0.3, -0.25) is 0 Å². The zero-order valence-corrected chi connectivity index (χ0v) is 11.1. The highest BCUT2D eigenvalue weighted by atomic mass is 16.5. The van der Waals surface area contributed by atoms with Crippen LogP contribution in [0.15, 0.2) is 0 Å². The minimum Gasteiger partial charge on any atom is -0.393 e. The standard InChI is InChI=1S/C14H28O2/c1-11(2)6-8-16-9-7-13-10-12(3)4-5-14(13)15/h11-15H,4-10H2,1-3H3. The summed E-state index contributed by atoms with van der Waals surface area (Å²) in [6, 6.07) is 0. The molecular formula is C14H28O2. The number of ether oxygens (including phenoxy) is 1. The zero-order chi connectivity index (χ0) is 12.0. The summed E-state index contributed by atoms with van der Waals surface area (Å²) in [4.78, 5) is 0. The maximum Gasteiger partial charge on any atom is 0.0569 e. The van der Waals surface area contributed by atoms with Crippen LogP contribution in [0.2, 0.25) is 0 Å². The third-order valence-electron chi connectivity index (χ3n) is 3.68. The van der Waals surface area contributed by atoms with Gasteiger partial charge in [0.1, 0.15) is 0 Å². The van der Waals surface area contributed by atoms with E-state index in [1.54, 1.807) is 0 Å². The maximum absolute atomic E-state index is 9.88. The Morgan fingerprint density at radius 3 is 2.69 bits per heavy atom. The molecule has 1 fully saturated rings. The Morgan fingerprint density at radius 2 is 2.00 bits per heavy atom. The molecule has 1 saturated carbocycles. The van der Waals surface area contributed by atoms with Crippen molar-refractivity contribution in [1.29, 1.82) is 0 Å². The molecule has 0 aromatic rings. The summed E-state index contributed by atoms with van der Waals surface area (Å²) in [5.41, 5.74) is 0. The third kappa shape index (κ3) is 5.31. The Labute approximate surface area is 100 Å². The summed E-state index contributed by atoms with van der Waals surface area (Å²) in [6.45, 7) is 8.42. The van der Waals surface area contributed by atoms with Gasteiger partial charge in [-0.1, -0.05) is 20.8 Å². The SMILES string of the molecule is CC(C)CCOCCC1CC(C)CCC1O. The molecule has 16 heavy (non-hydrogen) atoms. The van der Waals surface area contributed by atoms with Gasteiger partial charge in [-0.25, -0.2) is 0 Å². The van der Waals surface area contributed by atoms with Crippen LogP contribution in [0.4, 0.5) is 0 Å². The van der Waals surface area contributed by atoms with E-state index in [0.717, 1.165) is 44.3 Å². The normalized spacial score (nSPS) is 30.9. The van der Waals surface area contributed by atoms with Gasteiger partial charge in [0.05, 0.1) is 6.10 Å². The molecule has 0 heterocycles. The van der Waals surface area contributed by atoms with E-state index in [4.69, 9.17) is 4.74 Å². The van der Waals surface area contributed by atoms with Crippen LogP contribution in [0.25, 0.3) is 0 Å². The molecule has 0 aromatic carbocycles. The minimum absolute atomic E-state index is 0.0788. The molecule has 0 saturated heterocycles. The lowest BCUT2D eigenvalue weighted by atomic mass is 9.79. The Balaban J connectivity index is 2.07. The summed E-state index contributed by atoms with van der Waals surface area (Å²) in [5, 5.41) is 9.88. The van der Waals surface area contributed by atoms with Crippen molar-refractivity contribution in [1.82, 2.24) is 0 Å². The van der Waals surface area contributed by atoms with E-state index in [0.29, 0.717) is 5.92 Å². The van der Waals surface area contributed by atoms with Gasteiger partial charge in [0.25, 0.3) is 0 Å². The first-order chi connectivity index (χ1) is 7.59. The Bertz CT molecular complexity index is 180. The van der Waals surface area contributed by atoms with Gasteiger partial charge in [0.2, 0.25) is 0 Å². The van der Waals surface area contributed by atoms with Gasteiger partial charge in [-0.05, 0) is 49.9 Å². The van der Waals surface area contributed by atoms with Crippen LogP contribution < -0.4 is 0 Å². The van der Waals surface area contributed by atoms with Crippen molar-refractivity contribution in [3.8, 4) is 0 Å². The quantitative estimate of drug-likeness (QED) is 0.707. The van der Waals surface area contributed by atoms with Crippen molar-refractivity contribution in [2.75, 3.05) is 13.2 Å². The predicted octanol–water partition coefficient (Wildman–Crippen LogP) is 3.24. The van der Waals surface area contributed by atoms with Crippen LogP contribution in [0.1, 0.15) is 52.9 Å². The molecule has 1 aliphatic rings. The zero-order valence-electron chi connectivity index (χ0n) is 11.1. The van der Waals surface area contributed by atoms with Crippen LogP contribution in [0, 0.1) is 17.8 Å². The van der Waals surface area contributed by atoms with Crippen LogP contribution in [0.5, 0.6) is 0 Å². The fraction of sp³-hybridized carbons (Fsp3) is 1.00. The fourth-order valence-corrected chi connectivity index (χ4v) is 2.45. The molecule has 0 aliphatic heterocycles. The predicted molar refractivity (Wildman–Crippen MR) is 67.4 cm³/mol. The molecule has 0 bridgehead atoms. The monoisotopic (exact) mass is 228 g/mol. The van der Waals surface area contributed by atoms with E-state index in [2.05, 4.69) is 20.8 Å². The lowest BCUT2D eigenvalue weighted by Crippen LogP contribution is -2.29. The van der Waals surface area contributed by atoms with Gasteiger partial charge in [-0.15, -0.1) is 0 Å². The van der Waals surface area contributed by atoms with E-state index in [1.807, 2.05) is 0 Å². The Morgan fingerprint density at radius 1 is 1.25 bits per heavy atom. The Hall–Kier alpha value is -0.0800. The summed E-state index contributed by atoms with van der Waals surface area (Å²) in [6.07, 6.45) is 5.44. The number of aliphatic hydroxyl groups is 1. The van der Waals surface area contributed by atoms with E-state index < -0.39 is 0 Å². The van der Waals surface area contributed by atoms with Gasteiger partial charge in [0, 0.05) is 13.2 Å². The summed E-state index contributed by atoms with van der Waals surface area (Å²) in [5.74, 6) is 1.98. The maximum atomic E-state index is 9.88. The molecule has 1 rings (SSSR count). The summed E-state index contributed by atoms with van der Waals surface area (Å²) in [7, 11) is 0. The van der Waals surface area contributed by atoms with Crippen molar-refractivity contribution < 1.29 is 9.84 Å². The largest absolute Gasteiger partial charge is 0.393 e. The van der Waals surface area contributed by atoms with Gasteiger partial charge < -0.3 is 9.84 Å². The fourth-order valence-electron chi connectivity index (χ4n) is 2.45. The summed E-state index contributed by atoms with van der Waals surface area (Å²) < 4.78 is 5.62. The first kappa shape index (κ1) is 14.0. The molecule has 2 heteroatoms. The molecule has 0 spiro atoms. The van der Waals surface area contributed by atoms with Crippen LogP contribution in [-0.2, 0) is 4.74 Å². The molecule has 3 unspecified atom stereocenters. The van der Waals surface area contributed by atoms with Crippen molar-refractivity contribution >= 4 is 0 Å². The average Bonchev–Trinajstić information content (AvgIpc) is 2.22. The number of hydrogen-bond acceptors (Lipinski definition) is 2. The second kappa shape index (κ2) is 7.29. The lowest BCUT2D eigenvalue weighted by molar-refractivity contribution is 0.0247. The van der Waals surface area contributed by atoms with Crippen LogP contribution in [-0.4, -0.2) is 24.4 Å². The van der Waals surface area contributed by atoms with E-state index in [-0.39, 0.29) is 6.10 Å². The molecule has 0 amide bonds. The first-order valence-electron chi connectivity index (χ1n) is 6.85. The molecular weight excluding hydrogens is 200 g/mol. The van der Waals surface area contributed by atoms with Crippen molar-refractivity contribution in [2.24, 2.45) is 17.8 Å². The van der Waals surface area contributed by atoms with E-state index >= 15 is 0 Å². The van der Waals surface area contributed by atoms with Crippen molar-refractivity contribution in [3.05, 3.63) is 0 Å².